The molecule has 0 spiro atoms. The van der Waals surface area contributed by atoms with E-state index >= 15 is 0 Å². The van der Waals surface area contributed by atoms with E-state index in [1.807, 2.05) is 24.3 Å². The molecule has 1 aromatic heterocycles. The second-order valence-electron chi connectivity index (χ2n) is 3.93. The van der Waals surface area contributed by atoms with Gasteiger partial charge in [0, 0.05) is 16.3 Å². The summed E-state index contributed by atoms with van der Waals surface area (Å²) in [4.78, 5) is 8.05. The number of fused-ring (bicyclic) bond motifs is 1. The van der Waals surface area contributed by atoms with Gasteiger partial charge >= 0.3 is 0 Å². The normalized spacial score (nSPS) is 11.4. The molecule has 0 fully saturated rings. The molecule has 0 saturated carbocycles. The molecule has 3 rings (SSSR count). The second-order valence-corrected chi connectivity index (χ2v) is 4.85. The van der Waals surface area contributed by atoms with E-state index in [0.29, 0.717) is 11.5 Å². The highest BCUT2D eigenvalue weighted by atomic mass is 79.9. The molecule has 3 aromatic rings. The SMILES string of the molecule is Oc1ccc2cc(Br)ccc2c1C=Nc1ncn[nH]1. The first-order valence-electron chi connectivity index (χ1n) is 5.55. The van der Waals surface area contributed by atoms with Gasteiger partial charge < -0.3 is 5.11 Å². The van der Waals surface area contributed by atoms with Crippen LogP contribution in [0.4, 0.5) is 5.95 Å². The molecule has 0 aliphatic heterocycles. The van der Waals surface area contributed by atoms with Crippen LogP contribution in [-0.2, 0) is 0 Å². The highest BCUT2D eigenvalue weighted by molar-refractivity contribution is 9.10. The zero-order chi connectivity index (χ0) is 13.2. The smallest absolute Gasteiger partial charge is 0.245 e. The van der Waals surface area contributed by atoms with Gasteiger partial charge in [0.05, 0.1) is 0 Å². The monoisotopic (exact) mass is 316 g/mol. The number of hydrogen-bond acceptors (Lipinski definition) is 4. The zero-order valence-electron chi connectivity index (χ0n) is 9.71. The third kappa shape index (κ3) is 2.34. The number of phenolic OH excluding ortho intramolecular Hbond substituents is 1. The molecule has 0 atom stereocenters. The Bertz CT molecular complexity index is 753. The maximum Gasteiger partial charge on any atom is 0.245 e. The van der Waals surface area contributed by atoms with E-state index in [-0.39, 0.29) is 5.75 Å². The van der Waals surface area contributed by atoms with Gasteiger partial charge in [0.1, 0.15) is 12.1 Å². The van der Waals surface area contributed by atoms with Gasteiger partial charge in [0.15, 0.2) is 0 Å². The Morgan fingerprint density at radius 2 is 2.16 bits per heavy atom. The fourth-order valence-electron chi connectivity index (χ4n) is 1.84. The van der Waals surface area contributed by atoms with Crippen LogP contribution < -0.4 is 0 Å². The molecule has 0 bridgehead atoms. The number of aromatic hydroxyl groups is 1. The molecule has 0 amide bonds. The van der Waals surface area contributed by atoms with Crippen LogP contribution in [0.5, 0.6) is 5.75 Å². The van der Waals surface area contributed by atoms with Gasteiger partial charge in [0.2, 0.25) is 5.95 Å². The molecule has 1 heterocycles. The van der Waals surface area contributed by atoms with Gasteiger partial charge in [-0.15, -0.1) is 0 Å². The summed E-state index contributed by atoms with van der Waals surface area (Å²) in [5, 5.41) is 18.2. The fraction of sp³-hybridized carbons (Fsp3) is 0. The maximum atomic E-state index is 9.96. The minimum Gasteiger partial charge on any atom is -0.507 e. The van der Waals surface area contributed by atoms with Crippen LogP contribution in [0.15, 0.2) is 46.1 Å². The average molecular weight is 317 g/mol. The molecule has 2 N–H and O–H groups in total. The van der Waals surface area contributed by atoms with E-state index in [9.17, 15) is 5.11 Å². The maximum absolute atomic E-state index is 9.96. The van der Waals surface area contributed by atoms with Crippen LogP contribution in [-0.4, -0.2) is 26.5 Å². The van der Waals surface area contributed by atoms with Crippen molar-refractivity contribution in [1.29, 1.82) is 0 Å². The molecule has 0 radical (unpaired) electrons. The third-order valence-corrected chi connectivity index (χ3v) is 3.21. The Morgan fingerprint density at radius 3 is 2.95 bits per heavy atom. The summed E-state index contributed by atoms with van der Waals surface area (Å²) in [6, 6.07) is 9.35. The van der Waals surface area contributed by atoms with Crippen LogP contribution in [0.25, 0.3) is 10.8 Å². The number of H-pyrrole nitrogens is 1. The molecule has 2 aromatic carbocycles. The largest absolute Gasteiger partial charge is 0.507 e. The molecule has 6 heteroatoms. The van der Waals surface area contributed by atoms with Gasteiger partial charge in [-0.1, -0.05) is 28.1 Å². The van der Waals surface area contributed by atoms with E-state index in [4.69, 9.17) is 0 Å². The predicted octanol–water partition coefficient (Wildman–Crippen LogP) is 3.18. The lowest BCUT2D eigenvalue weighted by molar-refractivity contribution is 0.475. The highest BCUT2D eigenvalue weighted by Crippen LogP contribution is 2.28. The van der Waals surface area contributed by atoms with E-state index in [0.717, 1.165) is 15.2 Å². The Hall–Kier alpha value is -2.21. The Morgan fingerprint density at radius 1 is 1.26 bits per heavy atom. The lowest BCUT2D eigenvalue weighted by Crippen LogP contribution is -1.86. The minimum atomic E-state index is 0.179. The number of phenols is 1. The van der Waals surface area contributed by atoms with Crippen molar-refractivity contribution in [2.75, 3.05) is 0 Å². The molecule has 0 saturated heterocycles. The first kappa shape index (κ1) is 11.9. The summed E-state index contributed by atoms with van der Waals surface area (Å²) in [6.45, 7) is 0. The summed E-state index contributed by atoms with van der Waals surface area (Å²) in [6.07, 6.45) is 2.96. The lowest BCUT2D eigenvalue weighted by atomic mass is 10.0. The summed E-state index contributed by atoms with van der Waals surface area (Å²) in [5.41, 5.74) is 0.654. The summed E-state index contributed by atoms with van der Waals surface area (Å²) >= 11 is 3.43. The van der Waals surface area contributed by atoms with E-state index in [1.165, 1.54) is 6.33 Å². The van der Waals surface area contributed by atoms with Crippen LogP contribution in [0.1, 0.15) is 5.56 Å². The standard InChI is InChI=1S/C13H9BrN4O/c14-9-2-3-10-8(5-9)1-4-12(19)11(10)6-15-13-16-7-17-18-13/h1-7,19H,(H,16,17,18). The first-order valence-corrected chi connectivity index (χ1v) is 6.34. The molecule has 0 unspecified atom stereocenters. The Labute approximate surface area is 117 Å². The van der Waals surface area contributed by atoms with Crippen molar-refractivity contribution in [3.63, 3.8) is 0 Å². The van der Waals surface area contributed by atoms with Crippen molar-refractivity contribution in [1.82, 2.24) is 15.2 Å². The first-order chi connectivity index (χ1) is 9.24. The quantitative estimate of drug-likeness (QED) is 0.713. The average Bonchev–Trinajstić information content (AvgIpc) is 2.91. The summed E-state index contributed by atoms with van der Waals surface area (Å²) in [7, 11) is 0. The summed E-state index contributed by atoms with van der Waals surface area (Å²) in [5.74, 6) is 0.576. The predicted molar refractivity (Wildman–Crippen MR) is 76.9 cm³/mol. The molecule has 94 valence electrons. The van der Waals surface area contributed by atoms with Gasteiger partial charge in [0.25, 0.3) is 0 Å². The number of hydrogen-bond donors (Lipinski definition) is 2. The van der Waals surface area contributed by atoms with Gasteiger partial charge in [-0.05, 0) is 29.0 Å². The topological polar surface area (TPSA) is 74.2 Å². The highest BCUT2D eigenvalue weighted by Gasteiger charge is 2.05. The lowest BCUT2D eigenvalue weighted by Gasteiger charge is -2.05. The third-order valence-electron chi connectivity index (χ3n) is 2.72. The van der Waals surface area contributed by atoms with E-state index in [2.05, 4.69) is 36.1 Å². The van der Waals surface area contributed by atoms with Crippen molar-refractivity contribution in [3.8, 4) is 5.75 Å². The van der Waals surface area contributed by atoms with E-state index in [1.54, 1.807) is 12.3 Å². The number of rotatable bonds is 2. The number of aromatic amines is 1. The van der Waals surface area contributed by atoms with Crippen molar-refractivity contribution >= 4 is 38.9 Å². The number of nitrogens with one attached hydrogen (secondary N) is 1. The minimum absolute atomic E-state index is 0.179. The molecular formula is C13H9BrN4O. The van der Waals surface area contributed by atoms with Crippen molar-refractivity contribution in [3.05, 3.63) is 46.7 Å². The molecule has 5 nitrogen and oxygen atoms in total. The molecular weight excluding hydrogens is 308 g/mol. The Balaban J connectivity index is 2.14. The van der Waals surface area contributed by atoms with Crippen molar-refractivity contribution in [2.45, 2.75) is 0 Å². The van der Waals surface area contributed by atoms with Crippen LogP contribution in [0, 0.1) is 0 Å². The van der Waals surface area contributed by atoms with Crippen molar-refractivity contribution < 1.29 is 5.11 Å². The fourth-order valence-corrected chi connectivity index (χ4v) is 2.21. The number of halogens is 1. The Kier molecular flexibility index (Phi) is 3.00. The molecule has 19 heavy (non-hydrogen) atoms. The van der Waals surface area contributed by atoms with Crippen LogP contribution >= 0.6 is 15.9 Å². The summed E-state index contributed by atoms with van der Waals surface area (Å²) < 4.78 is 0.990. The molecule has 0 aliphatic rings. The van der Waals surface area contributed by atoms with E-state index < -0.39 is 0 Å². The number of aromatic nitrogens is 3. The number of aliphatic imine (C=N–C) groups is 1. The number of benzene rings is 2. The van der Waals surface area contributed by atoms with Crippen molar-refractivity contribution in [2.24, 2.45) is 4.99 Å². The van der Waals surface area contributed by atoms with Gasteiger partial charge in [-0.25, -0.2) is 10.1 Å². The molecule has 0 aliphatic carbocycles. The van der Waals surface area contributed by atoms with Gasteiger partial charge in [-0.3, -0.25) is 0 Å². The van der Waals surface area contributed by atoms with Crippen LogP contribution in [0.2, 0.25) is 0 Å². The van der Waals surface area contributed by atoms with Gasteiger partial charge in [-0.2, -0.15) is 10.1 Å². The number of nitrogens with zero attached hydrogens (tertiary/aromatic N) is 3. The van der Waals surface area contributed by atoms with Crippen LogP contribution in [0.3, 0.4) is 0 Å². The zero-order valence-corrected chi connectivity index (χ0v) is 11.3. The second kappa shape index (κ2) is 4.81.